The van der Waals surface area contributed by atoms with E-state index in [0.717, 1.165) is 12.8 Å². The topological polar surface area (TPSA) is 17.1 Å². The molecule has 0 radical (unpaired) electrons. The molecule has 20 heavy (non-hydrogen) atoms. The van der Waals surface area contributed by atoms with Gasteiger partial charge in [0.15, 0.2) is 0 Å². The number of hydrogen-bond donors (Lipinski definition) is 0. The van der Waals surface area contributed by atoms with Gasteiger partial charge in [0.2, 0.25) is 0 Å². The molecule has 0 spiro atoms. The first-order valence-corrected chi connectivity index (χ1v) is 8.75. The minimum atomic E-state index is 0. The molecule has 2 heteroatoms. The SMILES string of the molecule is C1CCCC1.CC.CC.CC(C)C(=O)C1CCCC1.[Fe]. The fourth-order valence-corrected chi connectivity index (χ4v) is 2.57. The van der Waals surface area contributed by atoms with Crippen molar-refractivity contribution in [1.29, 1.82) is 0 Å². The second-order valence-electron chi connectivity index (χ2n) is 5.31. The van der Waals surface area contributed by atoms with Crippen LogP contribution in [0, 0.1) is 11.8 Å². The molecule has 0 aromatic heterocycles. The van der Waals surface area contributed by atoms with Crippen LogP contribution in [0.4, 0.5) is 0 Å². The van der Waals surface area contributed by atoms with Crippen molar-refractivity contribution in [2.45, 2.75) is 99.3 Å². The molecule has 0 saturated heterocycles. The van der Waals surface area contributed by atoms with Gasteiger partial charge in [0.1, 0.15) is 5.78 Å². The Balaban J connectivity index is -0.000000246. The van der Waals surface area contributed by atoms with E-state index in [1.54, 1.807) is 0 Å². The van der Waals surface area contributed by atoms with E-state index >= 15 is 0 Å². The molecule has 2 fully saturated rings. The maximum Gasteiger partial charge on any atom is 0.138 e. The van der Waals surface area contributed by atoms with Gasteiger partial charge in [0.05, 0.1) is 0 Å². The van der Waals surface area contributed by atoms with E-state index in [4.69, 9.17) is 0 Å². The van der Waals surface area contributed by atoms with E-state index in [1.165, 1.54) is 44.9 Å². The number of rotatable bonds is 2. The Bertz CT molecular complexity index is 172. The van der Waals surface area contributed by atoms with E-state index in [9.17, 15) is 4.79 Å². The largest absolute Gasteiger partial charge is 0.299 e. The summed E-state index contributed by atoms with van der Waals surface area (Å²) < 4.78 is 0. The Labute approximate surface area is 139 Å². The predicted octanol–water partition coefficient (Wildman–Crippen LogP) is 6.40. The first-order chi connectivity index (χ1) is 9.22. The molecule has 0 aromatic rings. The van der Waals surface area contributed by atoms with E-state index < -0.39 is 0 Å². The van der Waals surface area contributed by atoms with E-state index in [-0.39, 0.29) is 23.0 Å². The maximum atomic E-state index is 11.3. The summed E-state index contributed by atoms with van der Waals surface area (Å²) in [4.78, 5) is 11.3. The number of Topliss-reactive ketones (excluding diaryl/α,β-unsaturated/α-hetero) is 1. The molecule has 0 atom stereocenters. The smallest absolute Gasteiger partial charge is 0.138 e. The van der Waals surface area contributed by atoms with Crippen molar-refractivity contribution < 1.29 is 21.9 Å². The molecule has 2 saturated carbocycles. The molecule has 2 aliphatic carbocycles. The molecule has 124 valence electrons. The second kappa shape index (κ2) is 19.2. The van der Waals surface area contributed by atoms with Crippen LogP contribution in [0.2, 0.25) is 0 Å². The van der Waals surface area contributed by atoms with Crippen molar-refractivity contribution in [3.8, 4) is 0 Å². The summed E-state index contributed by atoms with van der Waals surface area (Å²) in [5.41, 5.74) is 0. The fraction of sp³-hybridized carbons (Fsp3) is 0.944. The van der Waals surface area contributed by atoms with E-state index in [1.807, 2.05) is 41.5 Å². The van der Waals surface area contributed by atoms with E-state index in [2.05, 4.69) is 0 Å². The quantitative estimate of drug-likeness (QED) is 0.536. The molecule has 2 aliphatic rings. The number of ketones is 1. The Morgan fingerprint density at radius 3 is 1.30 bits per heavy atom. The monoisotopic (exact) mass is 326 g/mol. The van der Waals surface area contributed by atoms with Gasteiger partial charge in [0, 0.05) is 28.9 Å². The molecule has 0 aliphatic heterocycles. The summed E-state index contributed by atoms with van der Waals surface area (Å²) in [6.45, 7) is 12.0. The van der Waals surface area contributed by atoms with Crippen molar-refractivity contribution in [2.75, 3.05) is 0 Å². The minimum Gasteiger partial charge on any atom is -0.299 e. The first-order valence-electron chi connectivity index (χ1n) is 8.75. The Kier molecular flexibility index (Phi) is 24.1. The number of hydrogen-bond acceptors (Lipinski definition) is 1. The van der Waals surface area contributed by atoms with Crippen LogP contribution in [0.3, 0.4) is 0 Å². The van der Waals surface area contributed by atoms with Gasteiger partial charge in [-0.2, -0.15) is 0 Å². The third-order valence-corrected chi connectivity index (χ3v) is 3.58. The van der Waals surface area contributed by atoms with Gasteiger partial charge in [-0.1, -0.05) is 86.5 Å². The molecule has 0 aromatic carbocycles. The van der Waals surface area contributed by atoms with Crippen LogP contribution in [0.5, 0.6) is 0 Å². The molecular formula is C18H38FeO. The van der Waals surface area contributed by atoms with Crippen molar-refractivity contribution in [3.63, 3.8) is 0 Å². The zero-order chi connectivity index (χ0) is 15.1. The third-order valence-electron chi connectivity index (χ3n) is 3.58. The minimum absolute atomic E-state index is 0. The average Bonchev–Trinajstić information content (AvgIpc) is 3.18. The third kappa shape index (κ3) is 13.2. The zero-order valence-electron chi connectivity index (χ0n) is 14.8. The molecule has 2 rings (SSSR count). The van der Waals surface area contributed by atoms with Gasteiger partial charge >= 0.3 is 0 Å². The maximum absolute atomic E-state index is 11.3. The Morgan fingerprint density at radius 2 is 1.05 bits per heavy atom. The summed E-state index contributed by atoms with van der Waals surface area (Å²) in [6.07, 6.45) is 12.3. The van der Waals surface area contributed by atoms with Gasteiger partial charge in [-0.15, -0.1) is 0 Å². The van der Waals surface area contributed by atoms with Gasteiger partial charge in [0.25, 0.3) is 0 Å². The van der Waals surface area contributed by atoms with Gasteiger partial charge < -0.3 is 0 Å². The van der Waals surface area contributed by atoms with Gasteiger partial charge in [-0.3, -0.25) is 4.79 Å². The normalized spacial score (nSPS) is 16.8. The standard InChI is InChI=1S/C9H16O.C5H10.2C2H6.Fe/c1-7(2)9(10)8-5-3-4-6-8;1-2-4-5-3-1;2*1-2;/h7-8H,3-6H2,1-2H3;1-5H2;2*1-2H3;. The van der Waals surface area contributed by atoms with Gasteiger partial charge in [-0.05, 0) is 12.8 Å². The summed E-state index contributed by atoms with van der Waals surface area (Å²) in [7, 11) is 0. The average molecular weight is 326 g/mol. The van der Waals surface area contributed by atoms with Crippen molar-refractivity contribution in [3.05, 3.63) is 0 Å². The number of carbonyl (C=O) groups excluding carboxylic acids is 1. The van der Waals surface area contributed by atoms with Crippen molar-refractivity contribution >= 4 is 5.78 Å². The van der Waals surface area contributed by atoms with Crippen LogP contribution in [0.1, 0.15) is 99.3 Å². The second-order valence-corrected chi connectivity index (χ2v) is 5.31. The Hall–Kier alpha value is 0.189. The van der Waals surface area contributed by atoms with E-state index in [0.29, 0.717) is 11.7 Å². The van der Waals surface area contributed by atoms with Crippen molar-refractivity contribution in [1.82, 2.24) is 0 Å². The van der Waals surface area contributed by atoms with Crippen LogP contribution >= 0.6 is 0 Å². The Morgan fingerprint density at radius 1 is 0.750 bits per heavy atom. The molecule has 0 N–H and O–H groups in total. The molecule has 0 bridgehead atoms. The fourth-order valence-electron chi connectivity index (χ4n) is 2.57. The first kappa shape index (κ1) is 25.2. The van der Waals surface area contributed by atoms with Crippen LogP contribution < -0.4 is 0 Å². The summed E-state index contributed by atoms with van der Waals surface area (Å²) in [6, 6.07) is 0. The molecule has 0 amide bonds. The van der Waals surface area contributed by atoms with Crippen LogP contribution in [-0.2, 0) is 21.9 Å². The van der Waals surface area contributed by atoms with Crippen LogP contribution in [-0.4, -0.2) is 5.78 Å². The molecule has 0 heterocycles. The summed E-state index contributed by atoms with van der Waals surface area (Å²) in [5, 5.41) is 0. The zero-order valence-corrected chi connectivity index (χ0v) is 15.9. The predicted molar refractivity (Wildman–Crippen MR) is 87.6 cm³/mol. The molecular weight excluding hydrogens is 288 g/mol. The van der Waals surface area contributed by atoms with Crippen LogP contribution in [0.15, 0.2) is 0 Å². The van der Waals surface area contributed by atoms with Crippen molar-refractivity contribution in [2.24, 2.45) is 11.8 Å². The summed E-state index contributed by atoms with van der Waals surface area (Å²) >= 11 is 0. The molecule has 1 nitrogen and oxygen atoms in total. The van der Waals surface area contributed by atoms with Crippen LogP contribution in [0.25, 0.3) is 0 Å². The number of carbonyl (C=O) groups is 1. The summed E-state index contributed by atoms with van der Waals surface area (Å²) in [5.74, 6) is 1.15. The molecule has 0 unspecified atom stereocenters. The van der Waals surface area contributed by atoms with Gasteiger partial charge in [-0.25, -0.2) is 0 Å².